The van der Waals surface area contributed by atoms with Crippen LogP contribution in [0.2, 0.25) is 0 Å². The Kier molecular flexibility index (Phi) is 11.6. The summed E-state index contributed by atoms with van der Waals surface area (Å²) in [4.78, 5) is 6.57. The molecule has 1 aliphatic heterocycles. The Morgan fingerprint density at radius 2 is 2.19 bits per heavy atom. The predicted octanol–water partition coefficient (Wildman–Crippen LogP) is 2.90. The van der Waals surface area contributed by atoms with Crippen molar-refractivity contribution in [2.24, 2.45) is 10.9 Å². The van der Waals surface area contributed by atoms with Gasteiger partial charge < -0.3 is 24.4 Å². The third kappa shape index (κ3) is 7.79. The van der Waals surface area contributed by atoms with Gasteiger partial charge in [0.1, 0.15) is 0 Å². The smallest absolute Gasteiger partial charge is 0.193 e. The summed E-state index contributed by atoms with van der Waals surface area (Å²) in [6, 6.07) is 5.04. The maximum atomic E-state index is 14.0. The van der Waals surface area contributed by atoms with E-state index in [1.54, 1.807) is 20.2 Å². The first-order valence-electron chi connectivity index (χ1n) is 9.11. The van der Waals surface area contributed by atoms with Crippen LogP contribution in [0, 0.1) is 11.7 Å². The van der Waals surface area contributed by atoms with Crippen LogP contribution in [0.4, 0.5) is 4.39 Å². The average molecular weight is 495 g/mol. The molecular formula is C19H31FIN3O3. The van der Waals surface area contributed by atoms with Gasteiger partial charge in [-0.1, -0.05) is 6.07 Å². The van der Waals surface area contributed by atoms with E-state index >= 15 is 0 Å². The summed E-state index contributed by atoms with van der Waals surface area (Å²) in [7, 11) is 3.44. The molecule has 1 N–H and O–H groups in total. The Bertz CT molecular complexity index is 589. The van der Waals surface area contributed by atoms with Crippen molar-refractivity contribution in [2.75, 3.05) is 53.7 Å². The van der Waals surface area contributed by atoms with Gasteiger partial charge in [-0.25, -0.2) is 4.39 Å². The second kappa shape index (κ2) is 13.1. The normalized spacial score (nSPS) is 17.0. The lowest BCUT2D eigenvalue weighted by atomic mass is 10.1. The molecule has 154 valence electrons. The summed E-state index contributed by atoms with van der Waals surface area (Å²) >= 11 is 0. The molecule has 0 radical (unpaired) electrons. The molecule has 0 aliphatic carbocycles. The van der Waals surface area contributed by atoms with E-state index in [2.05, 4.69) is 15.2 Å². The number of halogens is 2. The first-order valence-corrected chi connectivity index (χ1v) is 9.11. The van der Waals surface area contributed by atoms with Crippen molar-refractivity contribution in [1.29, 1.82) is 0 Å². The average Bonchev–Trinajstić information content (AvgIpc) is 3.10. The summed E-state index contributed by atoms with van der Waals surface area (Å²) < 4.78 is 29.8. The number of ether oxygens (including phenoxy) is 3. The second-order valence-electron chi connectivity index (χ2n) is 6.27. The van der Waals surface area contributed by atoms with Gasteiger partial charge in [-0.3, -0.25) is 4.99 Å². The topological polar surface area (TPSA) is 55.3 Å². The van der Waals surface area contributed by atoms with Crippen molar-refractivity contribution in [3.63, 3.8) is 0 Å². The van der Waals surface area contributed by atoms with Crippen LogP contribution in [-0.2, 0) is 16.0 Å². The Morgan fingerprint density at radius 1 is 1.37 bits per heavy atom. The van der Waals surface area contributed by atoms with Gasteiger partial charge in [0.05, 0.1) is 26.4 Å². The van der Waals surface area contributed by atoms with Crippen LogP contribution in [0.25, 0.3) is 0 Å². The van der Waals surface area contributed by atoms with Gasteiger partial charge >= 0.3 is 0 Å². The number of hydrogen-bond acceptors (Lipinski definition) is 4. The van der Waals surface area contributed by atoms with E-state index in [0.717, 1.165) is 37.6 Å². The standard InChI is InChI=1S/C19H30FN3O3.HI/c1-4-26-18-6-5-15(11-17(18)20)12-22-19(21-2)23-8-7-16(13-23)14-25-10-9-24-3;/h5-6,11,16H,4,7-10,12-14H2,1-3H3,(H,21,22);1H. The number of benzene rings is 1. The fourth-order valence-corrected chi connectivity index (χ4v) is 2.99. The molecule has 0 saturated carbocycles. The van der Waals surface area contributed by atoms with Crippen LogP contribution < -0.4 is 10.1 Å². The molecule has 0 aromatic heterocycles. The van der Waals surface area contributed by atoms with Gasteiger partial charge in [-0.15, -0.1) is 24.0 Å². The van der Waals surface area contributed by atoms with Crippen molar-refractivity contribution >= 4 is 29.9 Å². The van der Waals surface area contributed by atoms with Gasteiger partial charge in [0.15, 0.2) is 17.5 Å². The number of hydrogen-bond donors (Lipinski definition) is 1. The fourth-order valence-electron chi connectivity index (χ4n) is 2.99. The van der Waals surface area contributed by atoms with Crippen molar-refractivity contribution in [2.45, 2.75) is 19.9 Å². The molecule has 1 aromatic rings. The van der Waals surface area contributed by atoms with E-state index in [1.807, 2.05) is 13.0 Å². The number of likely N-dealkylation sites (tertiary alicyclic amines) is 1. The third-order valence-corrected chi connectivity index (χ3v) is 4.33. The first kappa shape index (κ1) is 23.9. The Hall–Kier alpha value is -1.13. The molecule has 1 saturated heterocycles. The van der Waals surface area contributed by atoms with Crippen LogP contribution in [0.15, 0.2) is 23.2 Å². The lowest BCUT2D eigenvalue weighted by Crippen LogP contribution is -2.39. The first-order chi connectivity index (χ1) is 12.7. The maximum Gasteiger partial charge on any atom is 0.193 e. The highest BCUT2D eigenvalue weighted by molar-refractivity contribution is 14.0. The molecule has 2 rings (SSSR count). The van der Waals surface area contributed by atoms with Crippen LogP contribution in [0.1, 0.15) is 18.9 Å². The summed E-state index contributed by atoms with van der Waals surface area (Å²) in [5.41, 5.74) is 0.853. The summed E-state index contributed by atoms with van der Waals surface area (Å²) in [6.07, 6.45) is 1.07. The number of rotatable bonds is 9. The third-order valence-electron chi connectivity index (χ3n) is 4.33. The summed E-state index contributed by atoms with van der Waals surface area (Å²) in [5.74, 6) is 1.28. The number of nitrogens with one attached hydrogen (secondary N) is 1. The van der Waals surface area contributed by atoms with Gasteiger partial charge in [0.25, 0.3) is 0 Å². The molecule has 0 bridgehead atoms. The van der Waals surface area contributed by atoms with E-state index < -0.39 is 0 Å². The molecule has 1 atom stereocenters. The number of nitrogens with zero attached hydrogens (tertiary/aromatic N) is 2. The minimum atomic E-state index is -0.337. The zero-order valence-corrected chi connectivity index (χ0v) is 18.7. The number of aliphatic imine (C=N–C) groups is 1. The summed E-state index contributed by atoms with van der Waals surface area (Å²) in [6.45, 7) is 6.64. The molecule has 6 nitrogen and oxygen atoms in total. The van der Waals surface area contributed by atoms with Crippen molar-refractivity contribution < 1.29 is 18.6 Å². The van der Waals surface area contributed by atoms with Gasteiger partial charge in [0, 0.05) is 39.7 Å². The molecule has 0 amide bonds. The molecule has 1 aliphatic rings. The Balaban J connectivity index is 0.00000364. The van der Waals surface area contributed by atoms with Crippen LogP contribution in [0.3, 0.4) is 0 Å². The van der Waals surface area contributed by atoms with E-state index in [0.29, 0.717) is 32.3 Å². The Labute approximate surface area is 178 Å². The molecule has 1 heterocycles. The zero-order valence-electron chi connectivity index (χ0n) is 16.4. The molecular weight excluding hydrogens is 464 g/mol. The number of guanidine groups is 1. The fraction of sp³-hybridized carbons (Fsp3) is 0.632. The molecule has 1 fully saturated rings. The highest BCUT2D eigenvalue weighted by atomic mass is 127. The van der Waals surface area contributed by atoms with Gasteiger partial charge in [-0.2, -0.15) is 0 Å². The molecule has 1 aromatic carbocycles. The second-order valence-corrected chi connectivity index (χ2v) is 6.27. The predicted molar refractivity (Wildman–Crippen MR) is 116 cm³/mol. The van der Waals surface area contributed by atoms with Crippen molar-refractivity contribution in [3.05, 3.63) is 29.6 Å². The lowest BCUT2D eigenvalue weighted by Gasteiger charge is -2.22. The molecule has 27 heavy (non-hydrogen) atoms. The number of methoxy groups -OCH3 is 1. The minimum Gasteiger partial charge on any atom is -0.491 e. The quantitative estimate of drug-likeness (QED) is 0.247. The SMILES string of the molecule is CCOc1ccc(CNC(=NC)N2CCC(COCCOC)C2)cc1F.I. The minimum absolute atomic E-state index is 0. The molecule has 1 unspecified atom stereocenters. The van der Waals surface area contributed by atoms with Crippen LogP contribution in [0.5, 0.6) is 5.75 Å². The van der Waals surface area contributed by atoms with Crippen molar-refractivity contribution in [3.8, 4) is 5.75 Å². The highest BCUT2D eigenvalue weighted by Gasteiger charge is 2.24. The Morgan fingerprint density at radius 3 is 2.85 bits per heavy atom. The van der Waals surface area contributed by atoms with E-state index in [4.69, 9.17) is 14.2 Å². The monoisotopic (exact) mass is 495 g/mol. The summed E-state index contributed by atoms with van der Waals surface area (Å²) in [5, 5.41) is 3.31. The van der Waals surface area contributed by atoms with E-state index in [9.17, 15) is 4.39 Å². The van der Waals surface area contributed by atoms with Crippen LogP contribution in [-0.4, -0.2) is 64.5 Å². The lowest BCUT2D eigenvalue weighted by molar-refractivity contribution is 0.0536. The molecule has 0 spiro atoms. The largest absolute Gasteiger partial charge is 0.491 e. The molecule has 8 heteroatoms. The van der Waals surface area contributed by atoms with E-state index in [1.165, 1.54) is 6.07 Å². The van der Waals surface area contributed by atoms with Crippen LogP contribution >= 0.6 is 24.0 Å². The highest BCUT2D eigenvalue weighted by Crippen LogP contribution is 2.19. The van der Waals surface area contributed by atoms with Gasteiger partial charge in [-0.05, 0) is 31.0 Å². The van der Waals surface area contributed by atoms with E-state index in [-0.39, 0.29) is 35.5 Å². The van der Waals surface area contributed by atoms with Crippen molar-refractivity contribution in [1.82, 2.24) is 10.2 Å². The zero-order chi connectivity index (χ0) is 18.8. The maximum absolute atomic E-state index is 14.0. The van der Waals surface area contributed by atoms with Gasteiger partial charge in [0.2, 0.25) is 0 Å².